The maximum Gasteiger partial charge on any atom is 0.331 e. The van der Waals surface area contributed by atoms with Crippen LogP contribution in [0.2, 0.25) is 5.02 Å². The Bertz CT molecular complexity index is 648. The van der Waals surface area contributed by atoms with Crippen molar-refractivity contribution in [2.45, 2.75) is 45.1 Å². The Morgan fingerprint density at radius 3 is 2.60 bits per heavy atom. The molecule has 3 atom stereocenters. The van der Waals surface area contributed by atoms with Gasteiger partial charge in [-0.25, -0.2) is 4.79 Å². The number of halogens is 1. The lowest BCUT2D eigenvalue weighted by atomic mass is 9.71. The molecule has 1 fully saturated rings. The van der Waals surface area contributed by atoms with Gasteiger partial charge in [0.25, 0.3) is 0 Å². The molecule has 0 saturated heterocycles. The molecule has 1 saturated carbocycles. The van der Waals surface area contributed by atoms with E-state index in [1.54, 1.807) is 18.2 Å². The number of hydrogen-bond donors (Lipinski definition) is 1. The van der Waals surface area contributed by atoms with Crippen LogP contribution in [0.4, 0.5) is 0 Å². The second-order valence-electron chi connectivity index (χ2n) is 6.95. The average Bonchev–Trinajstić information content (AvgIpc) is 2.59. The largest absolute Gasteiger partial charge is 0.496 e. The SMILES string of the molecule is COC(=O)C1(NC(=O)Cc2ccc(Cl)cc2OC)CCC(C)C(C)C1. The second-order valence-corrected chi connectivity index (χ2v) is 7.39. The van der Waals surface area contributed by atoms with Gasteiger partial charge in [-0.3, -0.25) is 4.79 Å². The molecular formula is C19H26ClNO4. The Hall–Kier alpha value is -1.75. The van der Waals surface area contributed by atoms with E-state index in [0.29, 0.717) is 35.4 Å². The number of ether oxygens (including phenoxy) is 2. The molecule has 3 unspecified atom stereocenters. The number of carbonyl (C=O) groups is 2. The minimum atomic E-state index is -0.947. The van der Waals surface area contributed by atoms with E-state index in [0.717, 1.165) is 12.0 Å². The van der Waals surface area contributed by atoms with Crippen molar-refractivity contribution in [2.75, 3.05) is 14.2 Å². The first-order chi connectivity index (χ1) is 11.8. The van der Waals surface area contributed by atoms with Crippen molar-refractivity contribution in [3.8, 4) is 5.75 Å². The zero-order chi connectivity index (χ0) is 18.6. The molecule has 6 heteroatoms. The fourth-order valence-corrected chi connectivity index (χ4v) is 3.67. The first-order valence-electron chi connectivity index (χ1n) is 8.53. The Morgan fingerprint density at radius 1 is 1.28 bits per heavy atom. The highest BCUT2D eigenvalue weighted by atomic mass is 35.5. The highest BCUT2D eigenvalue weighted by molar-refractivity contribution is 6.30. The van der Waals surface area contributed by atoms with Gasteiger partial charge in [0.1, 0.15) is 11.3 Å². The summed E-state index contributed by atoms with van der Waals surface area (Å²) in [5.74, 6) is 0.806. The molecule has 0 spiro atoms. The lowest BCUT2D eigenvalue weighted by Gasteiger charge is -2.41. The Balaban J connectivity index is 2.17. The van der Waals surface area contributed by atoms with Crippen molar-refractivity contribution in [3.05, 3.63) is 28.8 Å². The van der Waals surface area contributed by atoms with Gasteiger partial charge in [-0.05, 0) is 43.2 Å². The van der Waals surface area contributed by atoms with Crippen LogP contribution in [0.5, 0.6) is 5.75 Å². The predicted octanol–water partition coefficient (Wildman–Crippen LogP) is 3.38. The third-order valence-electron chi connectivity index (χ3n) is 5.22. The van der Waals surface area contributed by atoms with Crippen molar-refractivity contribution in [1.29, 1.82) is 0 Å². The van der Waals surface area contributed by atoms with Gasteiger partial charge in [0.15, 0.2) is 0 Å². The van der Waals surface area contributed by atoms with E-state index in [-0.39, 0.29) is 18.3 Å². The van der Waals surface area contributed by atoms with E-state index in [1.165, 1.54) is 14.2 Å². The molecule has 138 valence electrons. The summed E-state index contributed by atoms with van der Waals surface area (Å²) in [7, 11) is 2.90. The average molecular weight is 368 g/mol. The van der Waals surface area contributed by atoms with Gasteiger partial charge in [-0.2, -0.15) is 0 Å². The number of nitrogens with one attached hydrogen (secondary N) is 1. The number of hydrogen-bond acceptors (Lipinski definition) is 4. The van der Waals surface area contributed by atoms with E-state index < -0.39 is 5.54 Å². The molecule has 2 rings (SSSR count). The fourth-order valence-electron chi connectivity index (χ4n) is 3.51. The molecule has 1 aromatic rings. The summed E-state index contributed by atoms with van der Waals surface area (Å²) in [6, 6.07) is 5.15. The lowest BCUT2D eigenvalue weighted by molar-refractivity contribution is -0.154. The maximum absolute atomic E-state index is 12.6. The van der Waals surface area contributed by atoms with Gasteiger partial charge < -0.3 is 14.8 Å². The number of esters is 1. The quantitative estimate of drug-likeness (QED) is 0.810. The minimum absolute atomic E-state index is 0.114. The van der Waals surface area contributed by atoms with Crippen LogP contribution in [0.3, 0.4) is 0 Å². The molecule has 0 aliphatic heterocycles. The summed E-state index contributed by atoms with van der Waals surface area (Å²) in [6.45, 7) is 4.28. The number of rotatable bonds is 5. The van der Waals surface area contributed by atoms with Crippen LogP contribution in [0, 0.1) is 11.8 Å². The first kappa shape index (κ1) is 19.6. The van der Waals surface area contributed by atoms with Crippen molar-refractivity contribution in [1.82, 2.24) is 5.32 Å². The van der Waals surface area contributed by atoms with E-state index in [9.17, 15) is 9.59 Å². The van der Waals surface area contributed by atoms with Crippen LogP contribution in [-0.2, 0) is 20.7 Å². The Morgan fingerprint density at radius 2 is 2.00 bits per heavy atom. The zero-order valence-electron chi connectivity index (χ0n) is 15.2. The molecule has 25 heavy (non-hydrogen) atoms. The molecule has 1 aliphatic rings. The van der Waals surface area contributed by atoms with Crippen LogP contribution in [0.1, 0.15) is 38.7 Å². The summed E-state index contributed by atoms with van der Waals surface area (Å²) in [6.07, 6.45) is 2.17. The molecule has 0 bridgehead atoms. The minimum Gasteiger partial charge on any atom is -0.496 e. The molecule has 0 radical (unpaired) electrons. The number of benzene rings is 1. The first-order valence-corrected chi connectivity index (χ1v) is 8.91. The van der Waals surface area contributed by atoms with Crippen LogP contribution >= 0.6 is 11.6 Å². The Kier molecular flexibility index (Phi) is 6.33. The summed E-state index contributed by atoms with van der Waals surface area (Å²) in [5, 5.41) is 3.49. The molecule has 1 aromatic carbocycles. The Labute approximate surface area is 154 Å². The summed E-state index contributed by atoms with van der Waals surface area (Å²) >= 11 is 5.96. The van der Waals surface area contributed by atoms with Crippen molar-refractivity contribution < 1.29 is 19.1 Å². The van der Waals surface area contributed by atoms with Gasteiger partial charge in [-0.1, -0.05) is 31.5 Å². The molecule has 0 aromatic heterocycles. The van der Waals surface area contributed by atoms with Crippen LogP contribution in [-0.4, -0.2) is 31.6 Å². The smallest absolute Gasteiger partial charge is 0.331 e. The number of methoxy groups -OCH3 is 2. The maximum atomic E-state index is 12.6. The predicted molar refractivity (Wildman–Crippen MR) is 96.8 cm³/mol. The lowest BCUT2D eigenvalue weighted by Crippen LogP contribution is -2.58. The van der Waals surface area contributed by atoms with Gasteiger partial charge >= 0.3 is 5.97 Å². The molecule has 5 nitrogen and oxygen atoms in total. The van der Waals surface area contributed by atoms with Crippen LogP contribution in [0.25, 0.3) is 0 Å². The van der Waals surface area contributed by atoms with E-state index >= 15 is 0 Å². The zero-order valence-corrected chi connectivity index (χ0v) is 16.0. The summed E-state index contributed by atoms with van der Waals surface area (Å²) in [5.41, 5.74) is -0.223. The van der Waals surface area contributed by atoms with Gasteiger partial charge in [0, 0.05) is 10.6 Å². The topological polar surface area (TPSA) is 64.6 Å². The normalized spacial score (nSPS) is 26.0. The summed E-state index contributed by atoms with van der Waals surface area (Å²) in [4.78, 5) is 25.1. The molecular weight excluding hydrogens is 342 g/mol. The van der Waals surface area contributed by atoms with Gasteiger partial charge in [0.05, 0.1) is 20.6 Å². The number of carbonyl (C=O) groups excluding carboxylic acids is 2. The van der Waals surface area contributed by atoms with Gasteiger partial charge in [-0.15, -0.1) is 0 Å². The third kappa shape index (κ3) is 4.46. The van der Waals surface area contributed by atoms with Crippen molar-refractivity contribution in [2.24, 2.45) is 11.8 Å². The number of amides is 1. The van der Waals surface area contributed by atoms with Crippen molar-refractivity contribution in [3.63, 3.8) is 0 Å². The highest BCUT2D eigenvalue weighted by Gasteiger charge is 2.45. The second kappa shape index (κ2) is 8.09. The highest BCUT2D eigenvalue weighted by Crippen LogP contribution is 2.37. The molecule has 0 heterocycles. The summed E-state index contributed by atoms with van der Waals surface area (Å²) < 4.78 is 10.3. The van der Waals surface area contributed by atoms with E-state index in [2.05, 4.69) is 19.2 Å². The van der Waals surface area contributed by atoms with E-state index in [4.69, 9.17) is 21.1 Å². The van der Waals surface area contributed by atoms with Gasteiger partial charge in [0.2, 0.25) is 5.91 Å². The van der Waals surface area contributed by atoms with Crippen LogP contribution in [0.15, 0.2) is 18.2 Å². The molecule has 1 amide bonds. The fraction of sp³-hybridized carbons (Fsp3) is 0.579. The van der Waals surface area contributed by atoms with Crippen molar-refractivity contribution >= 4 is 23.5 Å². The third-order valence-corrected chi connectivity index (χ3v) is 5.46. The standard InChI is InChI=1S/C19H26ClNO4/c1-12-7-8-19(11-13(12)2,18(23)25-4)21-17(22)9-14-5-6-15(20)10-16(14)24-3/h5-6,10,12-13H,7-9,11H2,1-4H3,(H,21,22). The van der Waals surface area contributed by atoms with Crippen LogP contribution < -0.4 is 10.1 Å². The molecule has 1 aliphatic carbocycles. The van der Waals surface area contributed by atoms with E-state index in [1.807, 2.05) is 0 Å². The monoisotopic (exact) mass is 367 g/mol. The molecule has 1 N–H and O–H groups in total.